The molecule has 1 aliphatic rings. The average Bonchev–Trinajstić information content (AvgIpc) is 2.30. The molecule has 0 aromatic heterocycles. The number of piperazine rings is 1. The van der Waals surface area contributed by atoms with Gasteiger partial charge in [-0.3, -0.25) is 4.79 Å². The van der Waals surface area contributed by atoms with Crippen molar-refractivity contribution in [3.05, 3.63) is 0 Å². The molecule has 0 aromatic rings. The largest absolute Gasteiger partial charge is 0.338 e. The van der Waals surface area contributed by atoms with Gasteiger partial charge in [-0.15, -0.1) is 0 Å². The first-order valence-electron chi connectivity index (χ1n) is 5.48. The molecule has 1 fully saturated rings. The van der Waals surface area contributed by atoms with Crippen molar-refractivity contribution in [2.24, 2.45) is 0 Å². The Morgan fingerprint density at radius 2 is 1.75 bits per heavy atom. The molecule has 1 heterocycles. The van der Waals surface area contributed by atoms with Crippen molar-refractivity contribution in [3.8, 4) is 0 Å². The maximum absolute atomic E-state index is 11.6. The molecule has 0 spiro atoms. The zero-order chi connectivity index (χ0) is 12.0. The Morgan fingerprint density at radius 3 is 2.25 bits per heavy atom. The number of amides is 3. The third-order valence-corrected chi connectivity index (χ3v) is 3.05. The average molecular weight is 245 g/mol. The first-order valence-corrected chi connectivity index (χ1v) is 6.88. The zero-order valence-electron chi connectivity index (χ0n) is 9.86. The van der Waals surface area contributed by atoms with Crippen molar-refractivity contribution in [3.63, 3.8) is 0 Å². The molecule has 5 nitrogen and oxygen atoms in total. The number of nitrogens with zero attached hydrogens (tertiary/aromatic N) is 2. The summed E-state index contributed by atoms with van der Waals surface area (Å²) in [6.45, 7) is 5.10. The van der Waals surface area contributed by atoms with Gasteiger partial charge < -0.3 is 15.1 Å². The van der Waals surface area contributed by atoms with E-state index in [1.165, 1.54) is 11.8 Å². The molecular weight excluding hydrogens is 226 g/mol. The molecule has 1 rings (SSSR count). The summed E-state index contributed by atoms with van der Waals surface area (Å²) in [5.41, 5.74) is 0. The molecule has 0 aromatic carbocycles. The maximum Gasteiger partial charge on any atom is 0.317 e. The third kappa shape index (κ3) is 3.59. The van der Waals surface area contributed by atoms with Gasteiger partial charge in [0.2, 0.25) is 5.91 Å². The van der Waals surface area contributed by atoms with Gasteiger partial charge in [0.25, 0.3) is 0 Å². The minimum absolute atomic E-state index is 0.0283. The predicted octanol–water partition coefficient (Wildman–Crippen LogP) is 0.223. The van der Waals surface area contributed by atoms with Gasteiger partial charge in [-0.25, -0.2) is 4.79 Å². The van der Waals surface area contributed by atoms with Gasteiger partial charge in [-0.1, -0.05) is 0 Å². The molecule has 1 saturated heterocycles. The Morgan fingerprint density at radius 1 is 1.19 bits per heavy atom. The van der Waals surface area contributed by atoms with Crippen LogP contribution < -0.4 is 5.32 Å². The highest BCUT2D eigenvalue weighted by molar-refractivity contribution is 7.99. The molecule has 3 amide bonds. The minimum Gasteiger partial charge on any atom is -0.338 e. The smallest absolute Gasteiger partial charge is 0.317 e. The highest BCUT2D eigenvalue weighted by Gasteiger charge is 2.23. The van der Waals surface area contributed by atoms with Crippen molar-refractivity contribution < 1.29 is 9.59 Å². The number of rotatable bonds is 3. The molecule has 0 saturated carbocycles. The fourth-order valence-corrected chi connectivity index (χ4v) is 2.07. The van der Waals surface area contributed by atoms with Gasteiger partial charge in [0.05, 0.1) is 5.75 Å². The van der Waals surface area contributed by atoms with E-state index >= 15 is 0 Å². The van der Waals surface area contributed by atoms with Crippen LogP contribution in [0.5, 0.6) is 0 Å². The maximum atomic E-state index is 11.6. The van der Waals surface area contributed by atoms with Crippen molar-refractivity contribution in [2.45, 2.75) is 6.92 Å². The van der Waals surface area contributed by atoms with Gasteiger partial charge in [0.15, 0.2) is 0 Å². The first kappa shape index (κ1) is 13.2. The summed E-state index contributed by atoms with van der Waals surface area (Å²) < 4.78 is 0. The molecule has 0 aliphatic carbocycles. The second kappa shape index (κ2) is 6.62. The Labute approximate surface area is 101 Å². The van der Waals surface area contributed by atoms with Crippen LogP contribution in [0, 0.1) is 0 Å². The molecule has 92 valence electrons. The van der Waals surface area contributed by atoms with E-state index in [0.29, 0.717) is 38.5 Å². The molecule has 0 atom stereocenters. The lowest BCUT2D eigenvalue weighted by atomic mass is 10.3. The summed E-state index contributed by atoms with van der Waals surface area (Å²) in [7, 11) is 0. The van der Waals surface area contributed by atoms with Crippen molar-refractivity contribution in [2.75, 3.05) is 44.7 Å². The Bertz CT molecular complexity index is 226. The van der Waals surface area contributed by atoms with Crippen LogP contribution in [0.3, 0.4) is 0 Å². The number of carbonyl (C=O) groups is 2. The van der Waals surface area contributed by atoms with E-state index in [1.54, 1.807) is 4.90 Å². The first-order chi connectivity index (χ1) is 7.69. The van der Waals surface area contributed by atoms with Gasteiger partial charge in [0.1, 0.15) is 0 Å². The highest BCUT2D eigenvalue weighted by atomic mass is 32.2. The third-order valence-electron chi connectivity index (χ3n) is 2.52. The lowest BCUT2D eigenvalue weighted by Gasteiger charge is -2.34. The van der Waals surface area contributed by atoms with E-state index in [4.69, 9.17) is 0 Å². The van der Waals surface area contributed by atoms with E-state index < -0.39 is 0 Å². The normalized spacial score (nSPS) is 16.1. The van der Waals surface area contributed by atoms with Gasteiger partial charge >= 0.3 is 6.03 Å². The van der Waals surface area contributed by atoms with E-state index in [9.17, 15) is 9.59 Å². The summed E-state index contributed by atoms with van der Waals surface area (Å²) in [6, 6.07) is -0.0283. The number of hydrogen-bond acceptors (Lipinski definition) is 3. The Hall–Kier alpha value is -0.910. The van der Waals surface area contributed by atoms with E-state index in [1.807, 2.05) is 18.1 Å². The standard InChI is InChI=1S/C10H19N3O2S/c1-3-11-10(15)13-6-4-12(5-7-13)9(14)8-16-2/h3-8H2,1-2H3,(H,11,15). The van der Waals surface area contributed by atoms with Crippen LogP contribution in [0.2, 0.25) is 0 Å². The van der Waals surface area contributed by atoms with Crippen LogP contribution in [-0.4, -0.2) is 66.5 Å². The molecule has 1 N–H and O–H groups in total. The topological polar surface area (TPSA) is 52.7 Å². The number of nitrogens with one attached hydrogen (secondary N) is 1. The number of thioether (sulfide) groups is 1. The fourth-order valence-electron chi connectivity index (χ4n) is 1.64. The molecular formula is C10H19N3O2S. The second-order valence-corrected chi connectivity index (χ2v) is 4.50. The van der Waals surface area contributed by atoms with Crippen LogP contribution in [0.25, 0.3) is 0 Å². The lowest BCUT2D eigenvalue weighted by molar-refractivity contribution is -0.129. The fraction of sp³-hybridized carbons (Fsp3) is 0.800. The quantitative estimate of drug-likeness (QED) is 0.774. The molecule has 16 heavy (non-hydrogen) atoms. The second-order valence-electron chi connectivity index (χ2n) is 3.64. The van der Waals surface area contributed by atoms with E-state index in [2.05, 4.69) is 5.32 Å². The number of urea groups is 1. The SMILES string of the molecule is CCNC(=O)N1CCN(C(=O)CSC)CC1. The predicted molar refractivity (Wildman–Crippen MR) is 65.6 cm³/mol. The zero-order valence-corrected chi connectivity index (χ0v) is 10.7. The molecule has 0 bridgehead atoms. The van der Waals surface area contributed by atoms with Crippen LogP contribution in [0.4, 0.5) is 4.79 Å². The van der Waals surface area contributed by atoms with Crippen LogP contribution >= 0.6 is 11.8 Å². The minimum atomic E-state index is -0.0283. The van der Waals surface area contributed by atoms with Crippen LogP contribution in [-0.2, 0) is 4.79 Å². The molecule has 0 radical (unpaired) electrons. The Balaban J connectivity index is 2.33. The van der Waals surface area contributed by atoms with Gasteiger partial charge in [-0.2, -0.15) is 11.8 Å². The summed E-state index contributed by atoms with van der Waals surface area (Å²) >= 11 is 1.53. The molecule has 1 aliphatic heterocycles. The number of carbonyl (C=O) groups excluding carboxylic acids is 2. The summed E-state index contributed by atoms with van der Waals surface area (Å²) in [4.78, 5) is 26.7. The van der Waals surface area contributed by atoms with Crippen molar-refractivity contribution in [1.29, 1.82) is 0 Å². The van der Waals surface area contributed by atoms with E-state index in [-0.39, 0.29) is 11.9 Å². The molecule has 0 unspecified atom stereocenters. The van der Waals surface area contributed by atoms with E-state index in [0.717, 1.165) is 0 Å². The lowest BCUT2D eigenvalue weighted by Crippen LogP contribution is -2.53. The summed E-state index contributed by atoms with van der Waals surface area (Å²) in [5.74, 6) is 0.698. The molecule has 6 heteroatoms. The highest BCUT2D eigenvalue weighted by Crippen LogP contribution is 2.04. The van der Waals surface area contributed by atoms with Crippen LogP contribution in [0.1, 0.15) is 6.92 Å². The van der Waals surface area contributed by atoms with Gasteiger partial charge in [-0.05, 0) is 13.2 Å². The van der Waals surface area contributed by atoms with Crippen molar-refractivity contribution >= 4 is 23.7 Å². The van der Waals surface area contributed by atoms with Gasteiger partial charge in [0, 0.05) is 32.7 Å². The monoisotopic (exact) mass is 245 g/mol. The Kier molecular flexibility index (Phi) is 5.45. The van der Waals surface area contributed by atoms with Crippen molar-refractivity contribution in [1.82, 2.24) is 15.1 Å². The summed E-state index contributed by atoms with van der Waals surface area (Å²) in [6.07, 6.45) is 1.92. The summed E-state index contributed by atoms with van der Waals surface area (Å²) in [5, 5.41) is 2.76. The number of hydrogen-bond donors (Lipinski definition) is 1. The van der Waals surface area contributed by atoms with Crippen LogP contribution in [0.15, 0.2) is 0 Å².